The molecule has 1 fully saturated rings. The number of aromatic nitrogens is 1. The fourth-order valence-corrected chi connectivity index (χ4v) is 2.65. The van der Waals surface area contributed by atoms with Gasteiger partial charge in [-0.1, -0.05) is 25.7 Å². The number of carbonyl (C=O) groups is 1. The van der Waals surface area contributed by atoms with Gasteiger partial charge in [-0.3, -0.25) is 9.78 Å². The second-order valence-electron chi connectivity index (χ2n) is 6.34. The quantitative estimate of drug-likeness (QED) is 0.818. The summed E-state index contributed by atoms with van der Waals surface area (Å²) < 4.78 is 0. The molecule has 0 unspecified atom stereocenters. The van der Waals surface area contributed by atoms with Gasteiger partial charge in [-0.25, -0.2) is 0 Å². The third-order valence-corrected chi connectivity index (χ3v) is 4.07. The third-order valence-electron chi connectivity index (χ3n) is 4.07. The van der Waals surface area contributed by atoms with E-state index in [1.54, 1.807) is 18.5 Å². The van der Waals surface area contributed by atoms with Gasteiger partial charge in [0.1, 0.15) is 0 Å². The van der Waals surface area contributed by atoms with E-state index in [-0.39, 0.29) is 18.5 Å². The molecule has 1 heterocycles. The van der Waals surface area contributed by atoms with Gasteiger partial charge in [0.15, 0.2) is 0 Å². The van der Waals surface area contributed by atoms with Crippen molar-refractivity contribution in [3.05, 3.63) is 29.6 Å². The number of hydrogen-bond acceptors (Lipinski definition) is 3. The van der Waals surface area contributed by atoms with E-state index in [4.69, 9.17) is 5.73 Å². The monoisotopic (exact) mass is 285 g/mol. The average molecular weight is 285 g/mol. The van der Waals surface area contributed by atoms with Crippen LogP contribution in [0.5, 0.6) is 0 Å². The van der Waals surface area contributed by atoms with Crippen LogP contribution >= 0.6 is 0 Å². The van der Waals surface area contributed by atoms with E-state index >= 15 is 0 Å². The highest BCUT2D eigenvalue weighted by Gasteiger charge is 2.27. The van der Waals surface area contributed by atoms with Crippen molar-refractivity contribution in [2.45, 2.75) is 45.6 Å². The molecule has 0 atom stereocenters. The summed E-state index contributed by atoms with van der Waals surface area (Å²) in [7, 11) is 0. The van der Waals surface area contributed by atoms with Gasteiger partial charge in [0.05, 0.1) is 17.7 Å². The molecule has 0 bridgehead atoms. The van der Waals surface area contributed by atoms with Gasteiger partial charge in [0.2, 0.25) is 0 Å². The molecule has 4 nitrogen and oxygen atoms in total. The van der Waals surface area contributed by atoms with Crippen molar-refractivity contribution in [1.29, 1.82) is 0 Å². The molecule has 21 heavy (non-hydrogen) atoms. The van der Waals surface area contributed by atoms with Gasteiger partial charge in [-0.15, -0.1) is 0 Å². The minimum atomic E-state index is -0.0663. The zero-order valence-electron chi connectivity index (χ0n) is 12.8. The zero-order valence-corrected chi connectivity index (χ0v) is 12.8. The number of nitrogens with two attached hydrogens (primary N) is 1. The lowest BCUT2D eigenvalue weighted by Crippen LogP contribution is -2.39. The van der Waals surface area contributed by atoms with Gasteiger partial charge >= 0.3 is 0 Å². The van der Waals surface area contributed by atoms with Crippen LogP contribution in [0.3, 0.4) is 0 Å². The molecule has 3 N–H and O–H groups in total. The molecule has 112 valence electrons. The number of pyridine rings is 1. The van der Waals surface area contributed by atoms with Crippen molar-refractivity contribution in [1.82, 2.24) is 10.3 Å². The first kappa shape index (κ1) is 15.5. The van der Waals surface area contributed by atoms with Gasteiger partial charge in [0.25, 0.3) is 5.91 Å². The Morgan fingerprint density at radius 1 is 1.48 bits per heavy atom. The molecule has 1 amide bonds. The van der Waals surface area contributed by atoms with E-state index in [1.807, 2.05) is 0 Å². The molecule has 0 aliphatic heterocycles. The Hall–Kier alpha value is -1.86. The zero-order chi connectivity index (χ0) is 15.3. The lowest BCUT2D eigenvalue weighted by atomic mass is 9.75. The number of hydrogen-bond donors (Lipinski definition) is 2. The van der Waals surface area contributed by atoms with E-state index in [1.165, 1.54) is 0 Å². The van der Waals surface area contributed by atoms with Crippen LogP contribution in [0, 0.1) is 17.3 Å². The number of nitrogens with one attached hydrogen (secondary N) is 1. The van der Waals surface area contributed by atoms with E-state index in [0.29, 0.717) is 16.5 Å². The minimum Gasteiger partial charge on any atom is -0.349 e. The normalized spacial score (nSPS) is 17.7. The highest BCUT2D eigenvalue weighted by Crippen LogP contribution is 2.35. The molecule has 1 aliphatic rings. The molecule has 0 spiro atoms. The van der Waals surface area contributed by atoms with Gasteiger partial charge in [-0.2, -0.15) is 0 Å². The standard InChI is InChI=1S/C17H23N3O/c1-17(2)8-5-14(6-9-17)20-16(21)15-7-11-19-12-13(15)4-3-10-18/h7,11-12,14H,5-6,8-10,18H2,1-2H3,(H,20,21). The van der Waals surface area contributed by atoms with Gasteiger partial charge in [-0.05, 0) is 37.2 Å². The average Bonchev–Trinajstić information content (AvgIpc) is 2.47. The second-order valence-corrected chi connectivity index (χ2v) is 6.34. The van der Waals surface area contributed by atoms with Gasteiger partial charge in [0, 0.05) is 18.4 Å². The minimum absolute atomic E-state index is 0.0663. The maximum absolute atomic E-state index is 12.4. The largest absolute Gasteiger partial charge is 0.349 e. The summed E-state index contributed by atoms with van der Waals surface area (Å²) in [6, 6.07) is 1.97. The third kappa shape index (κ3) is 4.30. The number of nitrogens with zero attached hydrogens (tertiary/aromatic N) is 1. The van der Waals surface area contributed by atoms with Crippen molar-refractivity contribution in [3.63, 3.8) is 0 Å². The number of amides is 1. The molecule has 1 aromatic heterocycles. The molecular formula is C17H23N3O. The summed E-state index contributed by atoms with van der Waals surface area (Å²) in [5, 5.41) is 3.12. The molecule has 1 aromatic rings. The first-order chi connectivity index (χ1) is 10.0. The van der Waals surface area contributed by atoms with E-state index < -0.39 is 0 Å². The molecule has 0 aromatic carbocycles. The maximum atomic E-state index is 12.4. The van der Waals surface area contributed by atoms with Crippen LogP contribution in [0.15, 0.2) is 18.5 Å². The molecule has 1 saturated carbocycles. The number of rotatable bonds is 2. The highest BCUT2D eigenvalue weighted by molar-refractivity contribution is 5.96. The first-order valence-corrected chi connectivity index (χ1v) is 7.46. The van der Waals surface area contributed by atoms with E-state index in [9.17, 15) is 4.79 Å². The second kappa shape index (κ2) is 6.73. The topological polar surface area (TPSA) is 68.0 Å². The Labute approximate surface area is 126 Å². The summed E-state index contributed by atoms with van der Waals surface area (Å²) in [6.07, 6.45) is 7.59. The summed E-state index contributed by atoms with van der Waals surface area (Å²) in [6.45, 7) is 4.84. The predicted molar refractivity (Wildman–Crippen MR) is 83.7 cm³/mol. The van der Waals surface area contributed by atoms with Crippen molar-refractivity contribution < 1.29 is 4.79 Å². The van der Waals surface area contributed by atoms with Crippen LogP contribution < -0.4 is 11.1 Å². The molecule has 4 heteroatoms. The molecule has 0 saturated heterocycles. The molecule has 2 rings (SSSR count). The summed E-state index contributed by atoms with van der Waals surface area (Å²) in [4.78, 5) is 16.4. The predicted octanol–water partition coefficient (Wildman–Crippen LogP) is 2.09. The Bertz CT molecular complexity index is 559. The van der Waals surface area contributed by atoms with Crippen molar-refractivity contribution in [2.75, 3.05) is 6.54 Å². The van der Waals surface area contributed by atoms with E-state index in [2.05, 4.69) is 36.0 Å². The maximum Gasteiger partial charge on any atom is 0.252 e. The SMILES string of the molecule is CC1(C)CCC(NC(=O)c2ccncc2C#CCN)CC1. The summed E-state index contributed by atoms with van der Waals surface area (Å²) in [5.41, 5.74) is 7.00. The lowest BCUT2D eigenvalue weighted by Gasteiger charge is -2.34. The van der Waals surface area contributed by atoms with Crippen LogP contribution in [0.2, 0.25) is 0 Å². The Morgan fingerprint density at radius 3 is 2.86 bits per heavy atom. The lowest BCUT2D eigenvalue weighted by molar-refractivity contribution is 0.0908. The van der Waals surface area contributed by atoms with Crippen LogP contribution in [-0.4, -0.2) is 23.5 Å². The Morgan fingerprint density at radius 2 is 2.19 bits per heavy atom. The van der Waals surface area contributed by atoms with Crippen molar-refractivity contribution in [3.8, 4) is 11.8 Å². The van der Waals surface area contributed by atoms with Crippen LogP contribution in [-0.2, 0) is 0 Å². The Kier molecular flexibility index (Phi) is 4.98. The number of carbonyl (C=O) groups excluding carboxylic acids is 1. The molecule has 1 aliphatic carbocycles. The molecule has 0 radical (unpaired) electrons. The Balaban J connectivity index is 2.04. The van der Waals surface area contributed by atoms with Crippen molar-refractivity contribution in [2.24, 2.45) is 11.1 Å². The van der Waals surface area contributed by atoms with E-state index in [0.717, 1.165) is 25.7 Å². The van der Waals surface area contributed by atoms with Crippen LogP contribution in [0.1, 0.15) is 55.5 Å². The highest BCUT2D eigenvalue weighted by atomic mass is 16.1. The summed E-state index contributed by atoms with van der Waals surface area (Å²) in [5.74, 6) is 5.61. The fraction of sp³-hybridized carbons (Fsp3) is 0.529. The van der Waals surface area contributed by atoms with Crippen molar-refractivity contribution >= 4 is 5.91 Å². The fourth-order valence-electron chi connectivity index (χ4n) is 2.65. The first-order valence-electron chi connectivity index (χ1n) is 7.46. The van der Waals surface area contributed by atoms with Gasteiger partial charge < -0.3 is 11.1 Å². The van der Waals surface area contributed by atoms with Crippen LogP contribution in [0.25, 0.3) is 0 Å². The van der Waals surface area contributed by atoms with Crippen LogP contribution in [0.4, 0.5) is 0 Å². The summed E-state index contributed by atoms with van der Waals surface area (Å²) >= 11 is 0. The smallest absolute Gasteiger partial charge is 0.252 e. The molecular weight excluding hydrogens is 262 g/mol.